The molecule has 2 heterocycles. The van der Waals surface area contributed by atoms with Gasteiger partial charge >= 0.3 is 6.09 Å². The third-order valence-corrected chi connectivity index (χ3v) is 5.08. The minimum Gasteiger partial charge on any atom is -0.434 e. The summed E-state index contributed by atoms with van der Waals surface area (Å²) >= 11 is 1.49. The summed E-state index contributed by atoms with van der Waals surface area (Å²) in [5.41, 5.74) is 6.66. The minimum atomic E-state index is -0.934. The molecule has 0 unspecified atom stereocenters. The summed E-state index contributed by atoms with van der Waals surface area (Å²) in [4.78, 5) is 30.0. The molecule has 1 atom stereocenters. The second-order valence-electron chi connectivity index (χ2n) is 7.03. The number of aliphatic hydroxyl groups excluding tert-OH is 1. The van der Waals surface area contributed by atoms with Gasteiger partial charge in [-0.3, -0.25) is 14.7 Å². The first-order valence-electron chi connectivity index (χ1n) is 8.27. The number of aliphatic hydroxyl groups is 1. The summed E-state index contributed by atoms with van der Waals surface area (Å²) in [6.45, 7) is 6.67. The molecule has 0 saturated carbocycles. The predicted octanol–water partition coefficient (Wildman–Crippen LogP) is 1.16. The van der Waals surface area contributed by atoms with Crippen molar-refractivity contribution in [2.45, 2.75) is 32.4 Å². The average Bonchev–Trinajstić information content (AvgIpc) is 3.12. The van der Waals surface area contributed by atoms with E-state index in [1.807, 2.05) is 18.2 Å². The Balaban J connectivity index is 2.08. The van der Waals surface area contributed by atoms with E-state index < -0.39 is 18.1 Å². The van der Waals surface area contributed by atoms with Crippen LogP contribution in [-0.2, 0) is 15.1 Å². The summed E-state index contributed by atoms with van der Waals surface area (Å²) < 4.78 is 8.06. The number of thiazole rings is 1. The number of benzene rings is 1. The molecule has 3 N–H and O–H groups in total. The number of primary amides is 1. The SMILES string of the molecule is CC(C)(C)n1/c(=N/CCO)sc2cc(N3C[C@H](C(N)=O)OC3=O)ccc21. The highest BCUT2D eigenvalue weighted by Gasteiger charge is 2.36. The Labute approximate surface area is 154 Å². The van der Waals surface area contributed by atoms with Gasteiger partial charge in [0.25, 0.3) is 5.91 Å². The maximum Gasteiger partial charge on any atom is 0.415 e. The fraction of sp³-hybridized carbons (Fsp3) is 0.471. The quantitative estimate of drug-likeness (QED) is 0.832. The molecule has 0 aliphatic carbocycles. The van der Waals surface area contributed by atoms with Crippen LogP contribution in [0.1, 0.15) is 20.8 Å². The van der Waals surface area contributed by atoms with Crippen molar-refractivity contribution in [3.63, 3.8) is 0 Å². The van der Waals surface area contributed by atoms with E-state index in [2.05, 4.69) is 30.3 Å². The van der Waals surface area contributed by atoms with Crippen LogP contribution >= 0.6 is 11.3 Å². The summed E-state index contributed by atoms with van der Waals surface area (Å²) in [6.07, 6.45) is -1.52. The molecular weight excluding hydrogens is 356 g/mol. The third-order valence-electron chi connectivity index (χ3n) is 4.04. The molecule has 1 aromatic heterocycles. The van der Waals surface area contributed by atoms with E-state index in [4.69, 9.17) is 15.6 Å². The molecule has 0 spiro atoms. The van der Waals surface area contributed by atoms with Crippen molar-refractivity contribution in [1.82, 2.24) is 4.57 Å². The van der Waals surface area contributed by atoms with Crippen LogP contribution in [0.4, 0.5) is 10.5 Å². The van der Waals surface area contributed by atoms with Gasteiger partial charge in [0, 0.05) is 11.2 Å². The van der Waals surface area contributed by atoms with E-state index in [1.165, 1.54) is 16.2 Å². The maximum absolute atomic E-state index is 12.0. The molecule has 0 bridgehead atoms. The number of nitrogens with two attached hydrogens (primary N) is 1. The topological polar surface area (TPSA) is 110 Å². The number of anilines is 1. The van der Waals surface area contributed by atoms with Crippen LogP contribution in [0.15, 0.2) is 23.2 Å². The lowest BCUT2D eigenvalue weighted by atomic mass is 10.1. The summed E-state index contributed by atoms with van der Waals surface area (Å²) in [7, 11) is 0. The number of nitrogens with zero attached hydrogens (tertiary/aromatic N) is 3. The highest BCUT2D eigenvalue weighted by atomic mass is 32.1. The first kappa shape index (κ1) is 18.4. The highest BCUT2D eigenvalue weighted by molar-refractivity contribution is 7.16. The molecule has 2 amide bonds. The van der Waals surface area contributed by atoms with E-state index in [9.17, 15) is 9.59 Å². The van der Waals surface area contributed by atoms with Crippen LogP contribution < -0.4 is 15.4 Å². The van der Waals surface area contributed by atoms with Gasteiger partial charge < -0.3 is 20.1 Å². The standard InChI is InChI=1S/C17H22N4O4S/c1-17(2,3)21-11-5-4-10(8-13(11)26-15(21)19-6-7-22)20-9-12(14(18)23)25-16(20)24/h4-5,8,12,22H,6-7,9H2,1-3H3,(H2,18,23)/b19-15-/t12-/m1/s1. The largest absolute Gasteiger partial charge is 0.434 e. The van der Waals surface area contributed by atoms with Gasteiger partial charge in [-0.1, -0.05) is 11.3 Å². The zero-order chi connectivity index (χ0) is 19.1. The van der Waals surface area contributed by atoms with Gasteiger partial charge in [0.05, 0.1) is 29.9 Å². The minimum absolute atomic E-state index is 0.0161. The number of rotatable bonds is 4. The third kappa shape index (κ3) is 3.32. The molecule has 3 rings (SSSR count). The van der Waals surface area contributed by atoms with Gasteiger partial charge in [0.1, 0.15) is 0 Å². The van der Waals surface area contributed by atoms with Crippen LogP contribution in [0.25, 0.3) is 10.2 Å². The lowest BCUT2D eigenvalue weighted by Crippen LogP contribution is -2.32. The molecule has 1 aliphatic heterocycles. The Morgan fingerprint density at radius 1 is 1.46 bits per heavy atom. The Morgan fingerprint density at radius 3 is 2.77 bits per heavy atom. The zero-order valence-corrected chi connectivity index (χ0v) is 15.7. The van der Waals surface area contributed by atoms with Crippen LogP contribution in [0.5, 0.6) is 0 Å². The second kappa shape index (κ2) is 6.73. The molecule has 1 saturated heterocycles. The number of cyclic esters (lactones) is 1. The molecule has 1 aromatic carbocycles. The predicted molar refractivity (Wildman–Crippen MR) is 99.1 cm³/mol. The molecule has 0 radical (unpaired) electrons. The van der Waals surface area contributed by atoms with Crippen molar-refractivity contribution >= 4 is 39.2 Å². The lowest BCUT2D eigenvalue weighted by Gasteiger charge is -2.22. The highest BCUT2D eigenvalue weighted by Crippen LogP contribution is 2.30. The van der Waals surface area contributed by atoms with Crippen molar-refractivity contribution in [2.75, 3.05) is 24.6 Å². The van der Waals surface area contributed by atoms with Gasteiger partial charge in [-0.15, -0.1) is 0 Å². The molecule has 2 aromatic rings. The number of ether oxygens (including phenoxy) is 1. The monoisotopic (exact) mass is 378 g/mol. The van der Waals surface area contributed by atoms with E-state index in [0.717, 1.165) is 15.0 Å². The molecule has 9 heteroatoms. The van der Waals surface area contributed by atoms with Gasteiger partial charge in [-0.05, 0) is 39.0 Å². The van der Waals surface area contributed by atoms with Crippen LogP contribution in [-0.4, -0.2) is 47.5 Å². The maximum atomic E-state index is 12.0. The number of carbonyl (C=O) groups is 2. The fourth-order valence-electron chi connectivity index (χ4n) is 2.90. The molecule has 1 aliphatic rings. The van der Waals surface area contributed by atoms with Crippen molar-refractivity contribution in [1.29, 1.82) is 0 Å². The number of aromatic nitrogens is 1. The zero-order valence-electron chi connectivity index (χ0n) is 14.9. The van der Waals surface area contributed by atoms with Crippen LogP contribution in [0.3, 0.4) is 0 Å². The average molecular weight is 378 g/mol. The van der Waals surface area contributed by atoms with Gasteiger partial charge in [-0.2, -0.15) is 0 Å². The van der Waals surface area contributed by atoms with E-state index in [0.29, 0.717) is 12.2 Å². The smallest absolute Gasteiger partial charge is 0.415 e. The normalized spacial score (nSPS) is 18.6. The van der Waals surface area contributed by atoms with Crippen molar-refractivity contribution < 1.29 is 19.4 Å². The van der Waals surface area contributed by atoms with Crippen molar-refractivity contribution in [2.24, 2.45) is 10.7 Å². The molecule has 140 valence electrons. The Bertz CT molecular complexity index is 925. The molecule has 1 fully saturated rings. The van der Waals surface area contributed by atoms with Gasteiger partial charge in [-0.25, -0.2) is 4.79 Å². The van der Waals surface area contributed by atoms with Crippen LogP contribution in [0, 0.1) is 0 Å². The number of fused-ring (bicyclic) bond motifs is 1. The Morgan fingerprint density at radius 2 is 2.19 bits per heavy atom. The number of amides is 2. The number of hydrogen-bond acceptors (Lipinski definition) is 6. The van der Waals surface area contributed by atoms with E-state index >= 15 is 0 Å². The van der Waals surface area contributed by atoms with Crippen LogP contribution in [0.2, 0.25) is 0 Å². The Hall–Kier alpha value is -2.39. The van der Waals surface area contributed by atoms with E-state index in [-0.39, 0.29) is 18.7 Å². The first-order valence-corrected chi connectivity index (χ1v) is 9.09. The lowest BCUT2D eigenvalue weighted by molar-refractivity contribution is -0.124. The number of carbonyl (C=O) groups excluding carboxylic acids is 2. The second-order valence-corrected chi connectivity index (χ2v) is 8.04. The van der Waals surface area contributed by atoms with Gasteiger partial charge in [0.2, 0.25) is 0 Å². The van der Waals surface area contributed by atoms with Gasteiger partial charge in [0.15, 0.2) is 10.9 Å². The van der Waals surface area contributed by atoms with Crippen molar-refractivity contribution in [3.05, 3.63) is 23.0 Å². The summed E-state index contributed by atoms with van der Waals surface area (Å²) in [5.74, 6) is -0.659. The first-order chi connectivity index (χ1) is 12.2. The molecule has 26 heavy (non-hydrogen) atoms. The summed E-state index contributed by atoms with van der Waals surface area (Å²) in [5, 5.41) is 9.09. The summed E-state index contributed by atoms with van der Waals surface area (Å²) in [6, 6.07) is 5.62. The fourth-order valence-corrected chi connectivity index (χ4v) is 4.16. The van der Waals surface area contributed by atoms with E-state index in [1.54, 1.807) is 0 Å². The number of hydrogen-bond donors (Lipinski definition) is 2. The molecular formula is C17H22N4O4S. The van der Waals surface area contributed by atoms with Crippen molar-refractivity contribution in [3.8, 4) is 0 Å². The Kier molecular flexibility index (Phi) is 4.76. The molecule has 8 nitrogen and oxygen atoms in total.